The number of anilines is 1. The fourth-order valence-electron chi connectivity index (χ4n) is 3.55. The molecule has 6 nitrogen and oxygen atoms in total. The largest absolute Gasteiger partial charge is 0.326 e. The minimum Gasteiger partial charge on any atom is -0.326 e. The third kappa shape index (κ3) is 4.84. The summed E-state index contributed by atoms with van der Waals surface area (Å²) in [6.45, 7) is 5.58. The number of hydrogen-bond donors (Lipinski definition) is 1. The summed E-state index contributed by atoms with van der Waals surface area (Å²) in [5, 5.41) is 10.2. The van der Waals surface area contributed by atoms with Gasteiger partial charge in [0.25, 0.3) is 0 Å². The highest BCUT2D eigenvalue weighted by Crippen LogP contribution is 2.23. The molecule has 0 saturated heterocycles. The van der Waals surface area contributed by atoms with Crippen LogP contribution in [0.15, 0.2) is 60.0 Å². The normalized spacial score (nSPS) is 10.8. The summed E-state index contributed by atoms with van der Waals surface area (Å²) in [5.74, 6) is -0.162. The van der Waals surface area contributed by atoms with Crippen molar-refractivity contribution in [3.8, 4) is 5.13 Å². The quantitative estimate of drug-likeness (QED) is 0.411. The first-order chi connectivity index (χ1) is 15.4. The van der Waals surface area contributed by atoms with Crippen LogP contribution in [0.2, 0.25) is 0 Å². The molecule has 0 radical (unpaired) electrons. The van der Waals surface area contributed by atoms with Crippen molar-refractivity contribution in [1.82, 2.24) is 14.8 Å². The lowest BCUT2D eigenvalue weighted by Crippen LogP contribution is -2.14. The van der Waals surface area contributed by atoms with Gasteiger partial charge in [0, 0.05) is 34.3 Å². The molecular weight excluding hydrogens is 420 g/mol. The molecule has 32 heavy (non-hydrogen) atoms. The van der Waals surface area contributed by atoms with Crippen molar-refractivity contribution in [2.24, 2.45) is 0 Å². The van der Waals surface area contributed by atoms with Gasteiger partial charge in [-0.25, -0.2) is 9.67 Å². The maximum absolute atomic E-state index is 12.4. The molecule has 0 atom stereocenters. The molecule has 0 unspecified atom stereocenters. The number of nitrogens with zero attached hydrogens (tertiary/aromatic N) is 3. The van der Waals surface area contributed by atoms with Gasteiger partial charge in [-0.1, -0.05) is 30.3 Å². The van der Waals surface area contributed by atoms with Crippen LogP contribution >= 0.6 is 11.3 Å². The first kappa shape index (κ1) is 21.6. The second-order valence-electron chi connectivity index (χ2n) is 7.70. The molecule has 2 aromatic heterocycles. The Morgan fingerprint density at radius 2 is 1.75 bits per heavy atom. The van der Waals surface area contributed by atoms with Crippen LogP contribution in [0.25, 0.3) is 5.13 Å². The van der Waals surface area contributed by atoms with Crippen molar-refractivity contribution in [3.05, 3.63) is 93.7 Å². The SMILES string of the molecule is CC(=O)c1ccc(NC(=O)Cc2csc(-n3nc(C)c(Cc4ccccc4)c3C)n2)cc1. The number of carbonyl (C=O) groups is 2. The Hall–Kier alpha value is -3.58. The van der Waals surface area contributed by atoms with E-state index in [9.17, 15) is 9.59 Å². The highest BCUT2D eigenvalue weighted by molar-refractivity contribution is 7.12. The van der Waals surface area contributed by atoms with Crippen LogP contribution < -0.4 is 5.32 Å². The average Bonchev–Trinajstić information content (AvgIpc) is 3.34. The van der Waals surface area contributed by atoms with Crippen molar-refractivity contribution in [3.63, 3.8) is 0 Å². The van der Waals surface area contributed by atoms with Gasteiger partial charge < -0.3 is 5.32 Å². The first-order valence-electron chi connectivity index (χ1n) is 10.4. The number of thiazole rings is 1. The Balaban J connectivity index is 1.45. The van der Waals surface area contributed by atoms with Gasteiger partial charge >= 0.3 is 0 Å². The molecule has 0 aliphatic carbocycles. The van der Waals surface area contributed by atoms with Crippen LogP contribution in [0.4, 0.5) is 5.69 Å². The van der Waals surface area contributed by atoms with Gasteiger partial charge in [-0.05, 0) is 50.6 Å². The average molecular weight is 445 g/mol. The fraction of sp³-hybridized carbons (Fsp3) is 0.200. The van der Waals surface area contributed by atoms with E-state index in [1.165, 1.54) is 29.4 Å². The topological polar surface area (TPSA) is 76.9 Å². The lowest BCUT2D eigenvalue weighted by atomic mass is 10.0. The minimum atomic E-state index is -0.157. The standard InChI is InChI=1S/C25H24N4O2S/c1-16-23(13-19-7-5-4-6-8-19)17(2)29(28-16)25-27-22(15-32-25)14-24(31)26-21-11-9-20(10-12-21)18(3)30/h4-12,15H,13-14H2,1-3H3,(H,26,31). The number of ketones is 1. The van der Waals surface area contributed by atoms with E-state index >= 15 is 0 Å². The van der Waals surface area contributed by atoms with Gasteiger partial charge in [0.15, 0.2) is 5.78 Å². The molecule has 4 rings (SSSR count). The maximum atomic E-state index is 12.4. The van der Waals surface area contributed by atoms with Crippen LogP contribution in [-0.2, 0) is 17.6 Å². The molecule has 2 aromatic carbocycles. The van der Waals surface area contributed by atoms with Gasteiger partial charge in [0.1, 0.15) is 0 Å². The van der Waals surface area contributed by atoms with Gasteiger partial charge in [-0.3, -0.25) is 9.59 Å². The third-order valence-corrected chi connectivity index (χ3v) is 6.17. The van der Waals surface area contributed by atoms with Crippen molar-refractivity contribution in [1.29, 1.82) is 0 Å². The Bertz CT molecular complexity index is 1260. The summed E-state index contributed by atoms with van der Waals surface area (Å²) in [6, 6.07) is 17.2. The number of benzene rings is 2. The lowest BCUT2D eigenvalue weighted by Gasteiger charge is -2.05. The number of aromatic nitrogens is 3. The molecule has 0 aliphatic heterocycles. The molecule has 0 saturated carbocycles. The smallest absolute Gasteiger partial charge is 0.230 e. The molecular formula is C25H24N4O2S. The number of amides is 1. The third-order valence-electron chi connectivity index (χ3n) is 5.30. The van der Waals surface area contributed by atoms with Crippen molar-refractivity contribution in [2.75, 3.05) is 5.32 Å². The summed E-state index contributed by atoms with van der Waals surface area (Å²) in [4.78, 5) is 28.4. The predicted octanol–water partition coefficient (Wildman–Crippen LogP) is 4.92. The second-order valence-corrected chi connectivity index (χ2v) is 8.54. The Kier molecular flexibility index (Phi) is 6.28. The van der Waals surface area contributed by atoms with E-state index in [-0.39, 0.29) is 18.1 Å². The van der Waals surface area contributed by atoms with E-state index in [2.05, 4.69) is 29.4 Å². The molecule has 0 fully saturated rings. The molecule has 1 N–H and O–H groups in total. The summed E-state index contributed by atoms with van der Waals surface area (Å²) >= 11 is 1.47. The summed E-state index contributed by atoms with van der Waals surface area (Å²) in [5.41, 5.74) is 6.44. The van der Waals surface area contributed by atoms with Crippen molar-refractivity contribution < 1.29 is 9.59 Å². The van der Waals surface area contributed by atoms with E-state index in [0.29, 0.717) is 16.9 Å². The summed E-state index contributed by atoms with van der Waals surface area (Å²) in [7, 11) is 0. The zero-order valence-electron chi connectivity index (χ0n) is 18.3. The maximum Gasteiger partial charge on any atom is 0.230 e. The summed E-state index contributed by atoms with van der Waals surface area (Å²) < 4.78 is 1.86. The van der Waals surface area contributed by atoms with Gasteiger partial charge in [0.05, 0.1) is 17.8 Å². The van der Waals surface area contributed by atoms with E-state index in [1.54, 1.807) is 24.3 Å². The van der Waals surface area contributed by atoms with E-state index in [4.69, 9.17) is 5.10 Å². The molecule has 0 aliphatic rings. The number of carbonyl (C=O) groups excluding carboxylic acids is 2. The zero-order valence-corrected chi connectivity index (χ0v) is 19.1. The van der Waals surface area contributed by atoms with Crippen LogP contribution in [0.1, 0.15) is 45.5 Å². The number of aryl methyl sites for hydroxylation is 1. The van der Waals surface area contributed by atoms with Gasteiger partial charge in [-0.15, -0.1) is 11.3 Å². The predicted molar refractivity (Wildman–Crippen MR) is 127 cm³/mol. The molecule has 4 aromatic rings. The van der Waals surface area contributed by atoms with E-state index in [1.807, 2.05) is 35.2 Å². The number of nitrogens with one attached hydrogen (secondary N) is 1. The Morgan fingerprint density at radius 1 is 1.03 bits per heavy atom. The highest BCUT2D eigenvalue weighted by Gasteiger charge is 2.16. The molecule has 1 amide bonds. The molecule has 162 valence electrons. The highest BCUT2D eigenvalue weighted by atomic mass is 32.1. The second kappa shape index (κ2) is 9.28. The molecule has 0 bridgehead atoms. The Labute approximate surface area is 190 Å². The molecule has 0 spiro atoms. The monoisotopic (exact) mass is 444 g/mol. The number of hydrogen-bond acceptors (Lipinski definition) is 5. The van der Waals surface area contributed by atoms with Gasteiger partial charge in [0.2, 0.25) is 11.0 Å². The minimum absolute atomic E-state index is 0.00560. The number of rotatable bonds is 7. The van der Waals surface area contributed by atoms with Crippen LogP contribution in [-0.4, -0.2) is 26.5 Å². The van der Waals surface area contributed by atoms with E-state index in [0.717, 1.165) is 22.9 Å². The van der Waals surface area contributed by atoms with E-state index < -0.39 is 0 Å². The van der Waals surface area contributed by atoms with Crippen LogP contribution in [0.3, 0.4) is 0 Å². The van der Waals surface area contributed by atoms with Crippen LogP contribution in [0.5, 0.6) is 0 Å². The fourth-order valence-corrected chi connectivity index (χ4v) is 4.37. The molecule has 7 heteroatoms. The van der Waals surface area contributed by atoms with Gasteiger partial charge in [-0.2, -0.15) is 5.10 Å². The van der Waals surface area contributed by atoms with Crippen molar-refractivity contribution >= 4 is 28.7 Å². The summed E-state index contributed by atoms with van der Waals surface area (Å²) in [6.07, 6.45) is 0.989. The zero-order chi connectivity index (χ0) is 22.7. The Morgan fingerprint density at radius 3 is 2.44 bits per heavy atom. The van der Waals surface area contributed by atoms with Crippen LogP contribution in [0, 0.1) is 13.8 Å². The lowest BCUT2D eigenvalue weighted by molar-refractivity contribution is -0.115. The van der Waals surface area contributed by atoms with Crippen molar-refractivity contribution in [2.45, 2.75) is 33.6 Å². The first-order valence-corrected chi connectivity index (χ1v) is 11.2. The number of Topliss-reactive ketones (excluding diaryl/α,β-unsaturated/α-hetero) is 1. The molecule has 2 heterocycles.